The van der Waals surface area contributed by atoms with Gasteiger partial charge in [0.15, 0.2) is 17.1 Å². The second kappa shape index (κ2) is 9.21. The molecule has 6 rings (SSSR count). The van der Waals surface area contributed by atoms with Crippen molar-refractivity contribution in [2.45, 2.75) is 38.0 Å². The summed E-state index contributed by atoms with van der Waals surface area (Å²) >= 11 is 0. The molecule has 5 aromatic rings. The van der Waals surface area contributed by atoms with Gasteiger partial charge < -0.3 is 15.2 Å². The highest BCUT2D eigenvalue weighted by atomic mass is 19.4. The van der Waals surface area contributed by atoms with Crippen LogP contribution in [0, 0.1) is 0 Å². The molecule has 0 amide bonds. The van der Waals surface area contributed by atoms with Gasteiger partial charge in [-0.1, -0.05) is 0 Å². The Bertz CT molecular complexity index is 1840. The number of fused-ring (bicyclic) bond motifs is 2. The molecule has 0 radical (unpaired) electrons. The average molecular weight is 552 g/mol. The summed E-state index contributed by atoms with van der Waals surface area (Å²) in [6, 6.07) is 7.47. The third kappa shape index (κ3) is 4.08. The lowest BCUT2D eigenvalue weighted by Crippen LogP contribution is -2.28. The molecular formula is C27H24F3N7O3. The van der Waals surface area contributed by atoms with E-state index in [1.165, 1.54) is 26.6 Å². The number of aromatic nitrogens is 6. The van der Waals surface area contributed by atoms with E-state index in [0.29, 0.717) is 33.8 Å². The smallest absolute Gasteiger partial charge is 0.416 e. The van der Waals surface area contributed by atoms with Gasteiger partial charge in [-0.05, 0) is 56.2 Å². The van der Waals surface area contributed by atoms with Crippen molar-refractivity contribution in [1.82, 2.24) is 29.3 Å². The summed E-state index contributed by atoms with van der Waals surface area (Å²) in [6.45, 7) is 1.77. The number of halogens is 3. The zero-order chi connectivity index (χ0) is 28.3. The van der Waals surface area contributed by atoms with Gasteiger partial charge >= 0.3 is 6.18 Å². The SMILES string of the molecule is COc1ccc(-c2nn(C(C)c3nc4cc(C(F)(F)F)ccc4c(=O)n3C3CC3)c3ncnc(N)c23)cc1OC. The van der Waals surface area contributed by atoms with Crippen molar-refractivity contribution in [3.63, 3.8) is 0 Å². The van der Waals surface area contributed by atoms with Crippen LogP contribution in [-0.2, 0) is 6.18 Å². The standard InChI is InChI=1S/C27H24F3N7O3/c1-13(24-34-18-11-15(27(28,29)30)5-8-17(18)26(38)36(24)16-6-7-16)37-25-21(23(31)32-12-33-25)22(35-37)14-4-9-19(39-2)20(10-14)40-3/h4-5,8-13,16H,6-7H2,1-3H3,(H2,31,32,33). The topological polar surface area (TPSA) is 123 Å². The van der Waals surface area contributed by atoms with E-state index >= 15 is 0 Å². The van der Waals surface area contributed by atoms with E-state index < -0.39 is 23.3 Å². The number of benzene rings is 2. The normalized spacial score (nSPS) is 14.6. The fraction of sp³-hybridized carbons (Fsp3) is 0.296. The Hall–Kier alpha value is -4.68. The van der Waals surface area contributed by atoms with Crippen molar-refractivity contribution in [2.75, 3.05) is 20.0 Å². The predicted molar refractivity (Wildman–Crippen MR) is 141 cm³/mol. The van der Waals surface area contributed by atoms with E-state index in [1.807, 2.05) is 0 Å². The molecule has 0 spiro atoms. The molecule has 10 nitrogen and oxygen atoms in total. The third-order valence-corrected chi connectivity index (χ3v) is 7.08. The number of hydrogen-bond acceptors (Lipinski definition) is 8. The van der Waals surface area contributed by atoms with Crippen LogP contribution < -0.4 is 20.8 Å². The Morgan fingerprint density at radius 2 is 1.80 bits per heavy atom. The van der Waals surface area contributed by atoms with Gasteiger partial charge in [-0.25, -0.2) is 19.6 Å². The Labute approximate surface area is 225 Å². The minimum absolute atomic E-state index is 0.0377. The van der Waals surface area contributed by atoms with Gasteiger partial charge in [0.1, 0.15) is 29.7 Å². The van der Waals surface area contributed by atoms with Gasteiger partial charge in [0.2, 0.25) is 0 Å². The fourth-order valence-electron chi connectivity index (χ4n) is 4.93. The quantitative estimate of drug-likeness (QED) is 0.320. The van der Waals surface area contributed by atoms with Gasteiger partial charge in [0.25, 0.3) is 5.56 Å². The number of hydrogen-bond donors (Lipinski definition) is 1. The minimum Gasteiger partial charge on any atom is -0.493 e. The van der Waals surface area contributed by atoms with Crippen LogP contribution >= 0.6 is 0 Å². The number of nitrogens with two attached hydrogens (primary N) is 1. The fourth-order valence-corrected chi connectivity index (χ4v) is 4.93. The summed E-state index contributed by atoms with van der Waals surface area (Å²) in [5.41, 5.74) is 6.46. The summed E-state index contributed by atoms with van der Waals surface area (Å²) in [5, 5.41) is 5.42. The molecule has 1 aliphatic carbocycles. The number of rotatable bonds is 6. The molecule has 1 saturated carbocycles. The van der Waals surface area contributed by atoms with Crippen LogP contribution in [0.25, 0.3) is 33.2 Å². The lowest BCUT2D eigenvalue weighted by molar-refractivity contribution is -0.137. The van der Waals surface area contributed by atoms with Gasteiger partial charge in [0.05, 0.1) is 36.1 Å². The number of alkyl halides is 3. The summed E-state index contributed by atoms with van der Waals surface area (Å²) in [5.74, 6) is 1.47. The monoisotopic (exact) mass is 551 g/mol. The molecule has 40 heavy (non-hydrogen) atoms. The largest absolute Gasteiger partial charge is 0.493 e. The molecule has 2 aromatic carbocycles. The van der Waals surface area contributed by atoms with Crippen molar-refractivity contribution in [3.05, 3.63) is 64.5 Å². The number of nitrogens with zero attached hydrogens (tertiary/aromatic N) is 6. The van der Waals surface area contributed by atoms with Crippen molar-refractivity contribution in [3.8, 4) is 22.8 Å². The van der Waals surface area contributed by atoms with Crippen LogP contribution in [0.15, 0.2) is 47.5 Å². The molecule has 206 valence electrons. The van der Waals surface area contributed by atoms with Gasteiger partial charge in [-0.2, -0.15) is 18.3 Å². The molecule has 2 N–H and O–H groups in total. The van der Waals surface area contributed by atoms with E-state index in [9.17, 15) is 18.0 Å². The Balaban J connectivity index is 1.58. The van der Waals surface area contributed by atoms with Crippen LogP contribution in [0.1, 0.15) is 43.2 Å². The number of nitrogen functional groups attached to an aromatic ring is 1. The minimum atomic E-state index is -4.58. The van der Waals surface area contributed by atoms with Crippen LogP contribution in [0.4, 0.5) is 19.0 Å². The van der Waals surface area contributed by atoms with Crippen LogP contribution in [-0.4, -0.2) is 43.5 Å². The average Bonchev–Trinajstić information content (AvgIpc) is 3.70. The highest BCUT2D eigenvalue weighted by molar-refractivity contribution is 5.98. The van der Waals surface area contributed by atoms with E-state index in [1.54, 1.807) is 34.4 Å². The zero-order valence-corrected chi connectivity index (χ0v) is 21.7. The van der Waals surface area contributed by atoms with E-state index in [2.05, 4.69) is 15.0 Å². The Kier molecular flexibility index (Phi) is 5.89. The molecule has 0 aliphatic heterocycles. The molecule has 1 atom stereocenters. The van der Waals surface area contributed by atoms with Crippen LogP contribution in [0.2, 0.25) is 0 Å². The lowest BCUT2D eigenvalue weighted by atomic mass is 10.1. The maximum Gasteiger partial charge on any atom is 0.416 e. The summed E-state index contributed by atoms with van der Waals surface area (Å²) in [7, 11) is 3.05. The molecule has 13 heteroatoms. The first-order valence-corrected chi connectivity index (χ1v) is 12.5. The maximum absolute atomic E-state index is 13.5. The number of methoxy groups -OCH3 is 2. The summed E-state index contributed by atoms with van der Waals surface area (Å²) < 4.78 is 54.3. The van der Waals surface area contributed by atoms with Gasteiger partial charge in [-0.3, -0.25) is 9.36 Å². The van der Waals surface area contributed by atoms with Crippen molar-refractivity contribution >= 4 is 27.8 Å². The van der Waals surface area contributed by atoms with E-state index in [4.69, 9.17) is 20.3 Å². The Morgan fingerprint density at radius 3 is 2.48 bits per heavy atom. The number of ether oxygens (including phenoxy) is 2. The Morgan fingerprint density at radius 1 is 1.05 bits per heavy atom. The molecule has 1 unspecified atom stereocenters. The predicted octanol–water partition coefficient (Wildman–Crippen LogP) is 4.77. The van der Waals surface area contributed by atoms with Crippen LogP contribution in [0.3, 0.4) is 0 Å². The molecule has 3 heterocycles. The second-order valence-electron chi connectivity index (χ2n) is 9.60. The second-order valence-corrected chi connectivity index (χ2v) is 9.60. The third-order valence-electron chi connectivity index (χ3n) is 7.08. The highest BCUT2D eigenvalue weighted by Crippen LogP contribution is 2.40. The van der Waals surface area contributed by atoms with E-state index in [-0.39, 0.29) is 28.6 Å². The lowest BCUT2D eigenvalue weighted by Gasteiger charge is -2.19. The van der Waals surface area contributed by atoms with Crippen molar-refractivity contribution in [1.29, 1.82) is 0 Å². The zero-order valence-electron chi connectivity index (χ0n) is 21.7. The highest BCUT2D eigenvalue weighted by Gasteiger charge is 2.34. The van der Waals surface area contributed by atoms with Crippen LogP contribution in [0.5, 0.6) is 11.5 Å². The molecule has 1 fully saturated rings. The molecular weight excluding hydrogens is 527 g/mol. The van der Waals surface area contributed by atoms with Crippen molar-refractivity contribution in [2.24, 2.45) is 0 Å². The van der Waals surface area contributed by atoms with Gasteiger partial charge in [0, 0.05) is 11.6 Å². The molecule has 0 bridgehead atoms. The molecule has 1 aliphatic rings. The summed E-state index contributed by atoms with van der Waals surface area (Å²) in [4.78, 5) is 26.7. The van der Waals surface area contributed by atoms with E-state index in [0.717, 1.165) is 25.0 Å². The maximum atomic E-state index is 13.5. The first-order valence-electron chi connectivity index (χ1n) is 12.5. The van der Waals surface area contributed by atoms with Crippen molar-refractivity contribution < 1.29 is 22.6 Å². The molecule has 0 saturated heterocycles. The first kappa shape index (κ1) is 25.6. The van der Waals surface area contributed by atoms with Gasteiger partial charge in [-0.15, -0.1) is 0 Å². The molecule has 3 aromatic heterocycles. The first-order chi connectivity index (χ1) is 19.1. The summed E-state index contributed by atoms with van der Waals surface area (Å²) in [6.07, 6.45) is -1.75. The number of anilines is 1.